The van der Waals surface area contributed by atoms with Crippen LogP contribution in [0.5, 0.6) is 5.75 Å². The van der Waals surface area contributed by atoms with Gasteiger partial charge in [0.15, 0.2) is 0 Å². The molecule has 2 aromatic rings. The largest absolute Gasteiger partial charge is 0.507 e. The molecule has 0 bridgehead atoms. The van der Waals surface area contributed by atoms with E-state index in [2.05, 4.69) is 0 Å². The number of alkyl halides is 3. The van der Waals surface area contributed by atoms with Crippen molar-refractivity contribution in [3.05, 3.63) is 59.7 Å². The van der Waals surface area contributed by atoms with E-state index in [9.17, 15) is 32.7 Å². The Balaban J connectivity index is 1.38. The van der Waals surface area contributed by atoms with Crippen LogP contribution in [0.3, 0.4) is 0 Å². The second kappa shape index (κ2) is 8.76. The smallest absolute Gasteiger partial charge is 0.416 e. The molecule has 33 heavy (non-hydrogen) atoms. The van der Waals surface area contributed by atoms with Crippen molar-refractivity contribution in [1.82, 2.24) is 9.80 Å². The van der Waals surface area contributed by atoms with Gasteiger partial charge in [0, 0.05) is 44.8 Å². The van der Waals surface area contributed by atoms with E-state index >= 15 is 0 Å². The highest BCUT2D eigenvalue weighted by Crippen LogP contribution is 2.34. The fraction of sp³-hybridized carbons (Fsp3) is 0.348. The molecule has 3 amide bonds. The fourth-order valence-corrected chi connectivity index (χ4v) is 4.19. The van der Waals surface area contributed by atoms with E-state index in [-0.39, 0.29) is 68.0 Å². The Kier molecular flexibility index (Phi) is 6.01. The number of phenolic OH excluding ortho intramolecular Hbond substituents is 1. The van der Waals surface area contributed by atoms with Gasteiger partial charge in [0.05, 0.1) is 17.0 Å². The summed E-state index contributed by atoms with van der Waals surface area (Å²) in [4.78, 5) is 42.4. The van der Waals surface area contributed by atoms with Crippen molar-refractivity contribution in [3.8, 4) is 5.75 Å². The molecule has 10 heteroatoms. The zero-order valence-electron chi connectivity index (χ0n) is 17.6. The second-order valence-electron chi connectivity index (χ2n) is 8.09. The Morgan fingerprint density at radius 2 is 1.61 bits per heavy atom. The molecule has 2 fully saturated rings. The van der Waals surface area contributed by atoms with E-state index in [1.54, 1.807) is 21.9 Å². The lowest BCUT2D eigenvalue weighted by molar-refractivity contribution is -0.138. The number of para-hydroxylation sites is 1. The number of hydrogen-bond acceptors (Lipinski definition) is 4. The molecule has 2 aliphatic rings. The minimum Gasteiger partial charge on any atom is -0.507 e. The van der Waals surface area contributed by atoms with Crippen LogP contribution < -0.4 is 4.90 Å². The van der Waals surface area contributed by atoms with Crippen LogP contribution in [0.15, 0.2) is 48.5 Å². The molecular weight excluding hydrogens is 439 g/mol. The average molecular weight is 461 g/mol. The first-order valence-corrected chi connectivity index (χ1v) is 10.5. The van der Waals surface area contributed by atoms with Gasteiger partial charge in [0.1, 0.15) is 5.75 Å². The normalized spacial score (nSPS) is 19.2. The predicted molar refractivity (Wildman–Crippen MR) is 112 cm³/mol. The number of phenols is 1. The fourth-order valence-electron chi connectivity index (χ4n) is 4.19. The minimum absolute atomic E-state index is 0.00993. The molecule has 2 heterocycles. The Labute approximate surface area is 188 Å². The van der Waals surface area contributed by atoms with Crippen LogP contribution in [0.25, 0.3) is 0 Å². The van der Waals surface area contributed by atoms with Gasteiger partial charge in [-0.05, 0) is 30.3 Å². The third kappa shape index (κ3) is 4.64. The van der Waals surface area contributed by atoms with E-state index in [1.165, 1.54) is 29.2 Å². The van der Waals surface area contributed by atoms with Gasteiger partial charge in [-0.1, -0.05) is 18.2 Å². The molecule has 0 radical (unpaired) electrons. The molecule has 1 N–H and O–H groups in total. The van der Waals surface area contributed by atoms with Crippen molar-refractivity contribution in [2.75, 3.05) is 37.6 Å². The van der Waals surface area contributed by atoms with Crippen LogP contribution in [0.1, 0.15) is 22.3 Å². The standard InChI is InChI=1S/C23H22F3N3O4/c24-23(25,26)16-4-3-5-17(13-16)29-14-15(12-20(29)31)21(32)27-8-10-28(11-9-27)22(33)18-6-1-2-7-19(18)30/h1-7,13,15,30H,8-12,14H2. The Bertz CT molecular complexity index is 1080. The lowest BCUT2D eigenvalue weighted by atomic mass is 10.1. The third-order valence-corrected chi connectivity index (χ3v) is 5.97. The molecule has 1 unspecified atom stereocenters. The Hall–Kier alpha value is -3.56. The number of rotatable bonds is 3. The summed E-state index contributed by atoms with van der Waals surface area (Å²) in [5.74, 6) is -1.76. The van der Waals surface area contributed by atoms with Gasteiger partial charge in [-0.3, -0.25) is 14.4 Å². The Morgan fingerprint density at radius 3 is 2.27 bits per heavy atom. The van der Waals surface area contributed by atoms with Gasteiger partial charge < -0.3 is 19.8 Å². The molecule has 0 spiro atoms. The minimum atomic E-state index is -4.53. The molecule has 2 aliphatic heterocycles. The van der Waals surface area contributed by atoms with E-state index in [0.29, 0.717) is 0 Å². The third-order valence-electron chi connectivity index (χ3n) is 5.97. The van der Waals surface area contributed by atoms with E-state index in [0.717, 1.165) is 12.1 Å². The lowest BCUT2D eigenvalue weighted by Crippen LogP contribution is -2.52. The van der Waals surface area contributed by atoms with Crippen LogP contribution in [0, 0.1) is 5.92 Å². The summed E-state index contributed by atoms with van der Waals surface area (Å²) in [6.07, 6.45) is -4.60. The van der Waals surface area contributed by atoms with E-state index < -0.39 is 23.6 Å². The maximum Gasteiger partial charge on any atom is 0.416 e. The number of carbonyl (C=O) groups is 3. The monoisotopic (exact) mass is 461 g/mol. The van der Waals surface area contributed by atoms with E-state index in [1.807, 2.05) is 0 Å². The lowest BCUT2D eigenvalue weighted by Gasteiger charge is -2.36. The maximum atomic E-state index is 13.0. The highest BCUT2D eigenvalue weighted by atomic mass is 19.4. The first kappa shape index (κ1) is 22.6. The summed E-state index contributed by atoms with van der Waals surface area (Å²) in [6.45, 7) is 1.10. The molecule has 2 saturated heterocycles. The number of anilines is 1. The number of piperazine rings is 1. The highest BCUT2D eigenvalue weighted by Gasteiger charge is 2.39. The van der Waals surface area contributed by atoms with Gasteiger partial charge in [-0.25, -0.2) is 0 Å². The quantitative estimate of drug-likeness (QED) is 0.762. The first-order valence-electron chi connectivity index (χ1n) is 10.5. The van der Waals surface area contributed by atoms with E-state index in [4.69, 9.17) is 0 Å². The molecule has 174 valence electrons. The number of hydrogen-bond donors (Lipinski definition) is 1. The number of benzene rings is 2. The number of amides is 3. The summed E-state index contributed by atoms with van der Waals surface area (Å²) < 4.78 is 39.0. The van der Waals surface area contributed by atoms with Crippen molar-refractivity contribution in [2.24, 2.45) is 5.92 Å². The van der Waals surface area contributed by atoms with Gasteiger partial charge in [-0.2, -0.15) is 13.2 Å². The molecule has 7 nitrogen and oxygen atoms in total. The summed E-state index contributed by atoms with van der Waals surface area (Å²) >= 11 is 0. The summed E-state index contributed by atoms with van der Waals surface area (Å²) in [5.41, 5.74) is -0.550. The summed E-state index contributed by atoms with van der Waals surface area (Å²) in [6, 6.07) is 10.7. The van der Waals surface area contributed by atoms with Crippen LogP contribution >= 0.6 is 0 Å². The Morgan fingerprint density at radius 1 is 0.939 bits per heavy atom. The van der Waals surface area contributed by atoms with Crippen LogP contribution in [-0.2, 0) is 15.8 Å². The topological polar surface area (TPSA) is 81.2 Å². The van der Waals surface area contributed by atoms with Crippen LogP contribution in [0.4, 0.5) is 18.9 Å². The molecular formula is C23H22F3N3O4. The van der Waals surface area contributed by atoms with Gasteiger partial charge >= 0.3 is 6.18 Å². The van der Waals surface area contributed by atoms with Crippen LogP contribution in [0.2, 0.25) is 0 Å². The molecule has 4 rings (SSSR count). The van der Waals surface area contributed by atoms with Crippen molar-refractivity contribution in [2.45, 2.75) is 12.6 Å². The van der Waals surface area contributed by atoms with Crippen molar-refractivity contribution in [3.63, 3.8) is 0 Å². The summed E-state index contributed by atoms with van der Waals surface area (Å²) in [7, 11) is 0. The molecule has 0 aliphatic carbocycles. The average Bonchev–Trinajstić information content (AvgIpc) is 3.20. The SMILES string of the molecule is O=C(c1ccccc1O)N1CCN(C(=O)C2CC(=O)N(c3cccc(C(F)(F)F)c3)C2)CC1. The number of aromatic hydroxyl groups is 1. The highest BCUT2D eigenvalue weighted by molar-refractivity contribution is 6.00. The zero-order chi connectivity index (χ0) is 23.8. The number of nitrogens with zero attached hydrogens (tertiary/aromatic N) is 3. The number of carbonyl (C=O) groups excluding carboxylic acids is 3. The van der Waals surface area contributed by atoms with Gasteiger partial charge in [0.2, 0.25) is 11.8 Å². The zero-order valence-corrected chi connectivity index (χ0v) is 17.6. The van der Waals surface area contributed by atoms with Crippen molar-refractivity contribution < 1.29 is 32.7 Å². The summed E-state index contributed by atoms with van der Waals surface area (Å²) in [5, 5.41) is 9.89. The van der Waals surface area contributed by atoms with Crippen molar-refractivity contribution >= 4 is 23.4 Å². The first-order chi connectivity index (χ1) is 15.6. The second-order valence-corrected chi connectivity index (χ2v) is 8.09. The molecule has 1 atom stereocenters. The van der Waals surface area contributed by atoms with Crippen LogP contribution in [-0.4, -0.2) is 65.4 Å². The maximum absolute atomic E-state index is 13.0. The van der Waals surface area contributed by atoms with Gasteiger partial charge in [-0.15, -0.1) is 0 Å². The number of halogens is 3. The molecule has 2 aromatic carbocycles. The van der Waals surface area contributed by atoms with Crippen molar-refractivity contribution in [1.29, 1.82) is 0 Å². The molecule has 0 aromatic heterocycles. The predicted octanol–water partition coefficient (Wildman–Crippen LogP) is 2.75. The van der Waals surface area contributed by atoms with Gasteiger partial charge in [0.25, 0.3) is 5.91 Å². The molecule has 0 saturated carbocycles.